The molecule has 0 aliphatic carbocycles. The lowest BCUT2D eigenvalue weighted by molar-refractivity contribution is 0.573. The van der Waals surface area contributed by atoms with Crippen molar-refractivity contribution in [3.8, 4) is 11.4 Å². The Balaban J connectivity index is 2.44. The predicted octanol–water partition coefficient (Wildman–Crippen LogP) is 3.26. The molecule has 1 aromatic heterocycles. The number of aromatic amines is 1. The molecule has 0 atom stereocenters. The van der Waals surface area contributed by atoms with Crippen LogP contribution in [0.4, 0.5) is 5.69 Å². The summed E-state index contributed by atoms with van der Waals surface area (Å²) in [6.45, 7) is 8.55. The summed E-state index contributed by atoms with van der Waals surface area (Å²) in [5, 5.41) is 0. The maximum Gasteiger partial charge on any atom is 0.137 e. The van der Waals surface area contributed by atoms with Crippen molar-refractivity contribution in [2.24, 2.45) is 0 Å². The van der Waals surface area contributed by atoms with Gasteiger partial charge in [-0.05, 0) is 30.7 Å². The number of benzene rings is 1. The lowest BCUT2D eigenvalue weighted by atomic mass is 9.93. The molecule has 1 heterocycles. The van der Waals surface area contributed by atoms with Gasteiger partial charge in [0.05, 0.1) is 0 Å². The lowest BCUT2D eigenvalue weighted by Gasteiger charge is -2.15. The minimum atomic E-state index is 0.0902. The molecule has 0 amide bonds. The smallest absolute Gasteiger partial charge is 0.137 e. The summed E-state index contributed by atoms with van der Waals surface area (Å²) < 4.78 is 0. The van der Waals surface area contributed by atoms with Crippen molar-refractivity contribution in [3.05, 3.63) is 35.7 Å². The molecule has 0 fully saturated rings. The Bertz CT molecular complexity index is 533. The number of aromatic nitrogens is 2. The van der Waals surface area contributed by atoms with Gasteiger partial charge in [-0.25, -0.2) is 4.98 Å². The van der Waals surface area contributed by atoms with Gasteiger partial charge in [0.15, 0.2) is 0 Å². The number of hydrogen-bond acceptors (Lipinski definition) is 2. The number of anilines is 1. The van der Waals surface area contributed by atoms with Crippen LogP contribution in [-0.2, 0) is 5.41 Å². The van der Waals surface area contributed by atoms with Crippen molar-refractivity contribution in [1.82, 2.24) is 9.97 Å². The molecular weight excluding hydrogens is 210 g/mol. The van der Waals surface area contributed by atoms with Gasteiger partial charge in [0.25, 0.3) is 0 Å². The van der Waals surface area contributed by atoms with Crippen LogP contribution in [0.15, 0.2) is 24.4 Å². The van der Waals surface area contributed by atoms with Gasteiger partial charge in [0.1, 0.15) is 5.82 Å². The summed E-state index contributed by atoms with van der Waals surface area (Å²) in [7, 11) is 0. The van der Waals surface area contributed by atoms with Crippen LogP contribution in [-0.4, -0.2) is 9.97 Å². The van der Waals surface area contributed by atoms with Crippen LogP contribution in [0.5, 0.6) is 0 Å². The highest BCUT2D eigenvalue weighted by Gasteiger charge is 2.17. The van der Waals surface area contributed by atoms with E-state index in [1.54, 1.807) is 0 Å². The van der Waals surface area contributed by atoms with Crippen LogP contribution in [0.3, 0.4) is 0 Å². The van der Waals surface area contributed by atoms with Crippen molar-refractivity contribution in [2.45, 2.75) is 33.1 Å². The van der Waals surface area contributed by atoms with E-state index in [2.05, 4.69) is 30.7 Å². The third kappa shape index (κ3) is 2.33. The molecule has 3 N–H and O–H groups in total. The summed E-state index contributed by atoms with van der Waals surface area (Å²) >= 11 is 0. The van der Waals surface area contributed by atoms with Gasteiger partial charge < -0.3 is 10.7 Å². The summed E-state index contributed by atoms with van der Waals surface area (Å²) in [6, 6.07) is 5.88. The minimum Gasteiger partial charge on any atom is -0.399 e. The highest BCUT2D eigenvalue weighted by atomic mass is 14.9. The van der Waals surface area contributed by atoms with Crippen molar-refractivity contribution in [2.75, 3.05) is 5.73 Å². The summed E-state index contributed by atoms with van der Waals surface area (Å²) in [5.74, 6) is 0.910. The molecule has 1 aromatic carbocycles. The Kier molecular flexibility index (Phi) is 2.69. The zero-order valence-corrected chi connectivity index (χ0v) is 10.8. The second kappa shape index (κ2) is 3.91. The molecule has 2 aromatic rings. The Morgan fingerprint density at radius 3 is 2.47 bits per heavy atom. The van der Waals surface area contributed by atoms with Gasteiger partial charge in [-0.15, -0.1) is 0 Å². The van der Waals surface area contributed by atoms with Gasteiger partial charge in [-0.3, -0.25) is 0 Å². The maximum atomic E-state index is 5.75. The number of hydrogen-bond donors (Lipinski definition) is 2. The normalized spacial score (nSPS) is 11.8. The number of nitrogen functional groups attached to an aromatic ring is 1. The number of aryl methyl sites for hydroxylation is 1. The van der Waals surface area contributed by atoms with E-state index in [1.165, 1.54) is 0 Å². The van der Waals surface area contributed by atoms with E-state index in [4.69, 9.17) is 5.73 Å². The molecule has 0 bridgehead atoms. The van der Waals surface area contributed by atoms with Crippen LogP contribution >= 0.6 is 0 Å². The predicted molar refractivity (Wildman–Crippen MR) is 71.9 cm³/mol. The molecule has 3 nitrogen and oxygen atoms in total. The van der Waals surface area contributed by atoms with Crippen LogP contribution in [0, 0.1) is 6.92 Å². The maximum absolute atomic E-state index is 5.75. The first-order chi connectivity index (χ1) is 7.88. The SMILES string of the molecule is Cc1cc(N)ccc1-c1ncc(C(C)(C)C)[nH]1. The van der Waals surface area contributed by atoms with Crippen LogP contribution in [0.1, 0.15) is 32.0 Å². The van der Waals surface area contributed by atoms with Crippen molar-refractivity contribution in [3.63, 3.8) is 0 Å². The zero-order valence-electron chi connectivity index (χ0n) is 10.8. The Hall–Kier alpha value is -1.77. The Labute approximate surface area is 102 Å². The topological polar surface area (TPSA) is 54.7 Å². The van der Waals surface area contributed by atoms with E-state index in [0.717, 1.165) is 28.3 Å². The summed E-state index contributed by atoms with van der Waals surface area (Å²) in [4.78, 5) is 7.82. The number of nitrogens with one attached hydrogen (secondary N) is 1. The molecule has 0 radical (unpaired) electrons. The van der Waals surface area contributed by atoms with E-state index < -0.39 is 0 Å². The Morgan fingerprint density at radius 1 is 1.24 bits per heavy atom. The number of H-pyrrole nitrogens is 1. The molecule has 0 saturated carbocycles. The fraction of sp³-hybridized carbons (Fsp3) is 0.357. The number of rotatable bonds is 1. The molecule has 0 spiro atoms. The largest absolute Gasteiger partial charge is 0.399 e. The summed E-state index contributed by atoms with van der Waals surface area (Å²) in [5.41, 5.74) is 10.0. The van der Waals surface area contributed by atoms with Crippen LogP contribution < -0.4 is 5.73 Å². The molecule has 0 aliphatic heterocycles. The fourth-order valence-electron chi connectivity index (χ4n) is 1.79. The standard InChI is InChI=1S/C14H19N3/c1-9-7-10(15)5-6-11(9)13-16-8-12(17-13)14(2,3)4/h5-8H,15H2,1-4H3,(H,16,17). The minimum absolute atomic E-state index is 0.0902. The molecule has 3 heteroatoms. The van der Waals surface area contributed by atoms with Crippen molar-refractivity contribution >= 4 is 5.69 Å². The first-order valence-corrected chi connectivity index (χ1v) is 5.80. The molecule has 0 aliphatic rings. The van der Waals surface area contributed by atoms with Gasteiger partial charge in [-0.2, -0.15) is 0 Å². The van der Waals surface area contributed by atoms with Crippen molar-refractivity contribution in [1.29, 1.82) is 0 Å². The van der Waals surface area contributed by atoms with Crippen molar-refractivity contribution < 1.29 is 0 Å². The monoisotopic (exact) mass is 229 g/mol. The van der Waals surface area contributed by atoms with Gasteiger partial charge >= 0.3 is 0 Å². The quantitative estimate of drug-likeness (QED) is 0.737. The van der Waals surface area contributed by atoms with Crippen LogP contribution in [0.2, 0.25) is 0 Å². The average molecular weight is 229 g/mol. The summed E-state index contributed by atoms with van der Waals surface area (Å²) in [6.07, 6.45) is 1.91. The molecule has 90 valence electrons. The van der Waals surface area contributed by atoms with E-state index in [1.807, 2.05) is 31.3 Å². The third-order valence-electron chi connectivity index (χ3n) is 2.89. The van der Waals surface area contributed by atoms with Gasteiger partial charge in [0, 0.05) is 28.6 Å². The lowest BCUT2D eigenvalue weighted by Crippen LogP contribution is -2.11. The number of nitrogens with two attached hydrogens (primary N) is 1. The Morgan fingerprint density at radius 2 is 1.94 bits per heavy atom. The second-order valence-electron chi connectivity index (χ2n) is 5.47. The van der Waals surface area contributed by atoms with E-state index in [0.29, 0.717) is 0 Å². The highest BCUT2D eigenvalue weighted by Crippen LogP contribution is 2.26. The fourth-order valence-corrected chi connectivity index (χ4v) is 1.79. The third-order valence-corrected chi connectivity index (χ3v) is 2.89. The van der Waals surface area contributed by atoms with E-state index in [9.17, 15) is 0 Å². The first kappa shape index (κ1) is 11.7. The van der Waals surface area contributed by atoms with E-state index >= 15 is 0 Å². The second-order valence-corrected chi connectivity index (χ2v) is 5.47. The molecule has 17 heavy (non-hydrogen) atoms. The average Bonchev–Trinajstić information content (AvgIpc) is 2.65. The first-order valence-electron chi connectivity index (χ1n) is 5.80. The number of imidazole rings is 1. The molecular formula is C14H19N3. The van der Waals surface area contributed by atoms with E-state index in [-0.39, 0.29) is 5.41 Å². The van der Waals surface area contributed by atoms with Crippen LogP contribution in [0.25, 0.3) is 11.4 Å². The van der Waals surface area contributed by atoms with Gasteiger partial charge in [-0.1, -0.05) is 20.8 Å². The molecule has 2 rings (SSSR count). The molecule has 0 unspecified atom stereocenters. The zero-order chi connectivity index (χ0) is 12.6. The highest BCUT2D eigenvalue weighted by molar-refractivity contribution is 5.64. The van der Waals surface area contributed by atoms with Gasteiger partial charge in [0.2, 0.25) is 0 Å². The number of nitrogens with zero attached hydrogens (tertiary/aromatic N) is 1. The molecule has 0 saturated heterocycles.